The van der Waals surface area contributed by atoms with E-state index >= 15 is 0 Å². The molecule has 1 N–H and O–H groups in total. The molecule has 3 nitrogen and oxygen atoms in total. The summed E-state index contributed by atoms with van der Waals surface area (Å²) in [7, 11) is 0. The minimum Gasteiger partial charge on any atom is -0.481 e. The van der Waals surface area contributed by atoms with E-state index in [2.05, 4.69) is 36.8 Å². The molecule has 0 fully saturated rings. The number of thioether (sulfide) groups is 1. The largest absolute Gasteiger partial charge is 0.481 e. The van der Waals surface area contributed by atoms with E-state index in [0.29, 0.717) is 6.42 Å². The molecule has 0 aromatic carbocycles. The number of carboxylic acids is 1. The van der Waals surface area contributed by atoms with Crippen molar-refractivity contribution in [2.45, 2.75) is 17.9 Å². The van der Waals surface area contributed by atoms with Crippen molar-refractivity contribution < 1.29 is 9.90 Å². The molecule has 0 aliphatic heterocycles. The number of aromatic nitrogens is 1. The molecule has 15 heavy (non-hydrogen) atoms. The second-order valence-electron chi connectivity index (χ2n) is 2.77. The molecule has 0 unspecified atom stereocenters. The summed E-state index contributed by atoms with van der Waals surface area (Å²) >= 11 is 8.21. The van der Waals surface area contributed by atoms with Gasteiger partial charge in [-0.3, -0.25) is 4.79 Å². The highest BCUT2D eigenvalue weighted by Gasteiger charge is 2.02. The summed E-state index contributed by atoms with van der Waals surface area (Å²) in [6, 6.07) is 3.82. The maximum absolute atomic E-state index is 10.3. The summed E-state index contributed by atoms with van der Waals surface area (Å²) in [5.74, 6) is 0.0217. The van der Waals surface area contributed by atoms with Gasteiger partial charge in [0.1, 0.15) is 4.60 Å². The first-order chi connectivity index (χ1) is 7.09. The van der Waals surface area contributed by atoms with Gasteiger partial charge in [-0.15, -0.1) is 11.8 Å². The number of halogens is 2. The molecule has 0 radical (unpaired) electrons. The van der Waals surface area contributed by atoms with Gasteiger partial charge in [0.2, 0.25) is 0 Å². The van der Waals surface area contributed by atoms with Crippen LogP contribution in [0, 0.1) is 0 Å². The first-order valence-corrected chi connectivity index (χ1v) is 6.83. The van der Waals surface area contributed by atoms with Crippen molar-refractivity contribution >= 4 is 49.6 Å². The molecule has 1 aromatic rings. The highest BCUT2D eigenvalue weighted by atomic mass is 79.9. The zero-order chi connectivity index (χ0) is 11.3. The molecule has 0 saturated heterocycles. The summed E-state index contributed by atoms with van der Waals surface area (Å²) in [6.45, 7) is 0. The van der Waals surface area contributed by atoms with Crippen LogP contribution in [0.3, 0.4) is 0 Å². The minimum absolute atomic E-state index is 0.213. The number of carbonyl (C=O) groups is 1. The van der Waals surface area contributed by atoms with Gasteiger partial charge in [0.05, 0.1) is 9.50 Å². The third-order valence-electron chi connectivity index (χ3n) is 1.56. The Balaban J connectivity index is 2.38. The summed E-state index contributed by atoms with van der Waals surface area (Å²) in [6.07, 6.45) is 0.875. The van der Waals surface area contributed by atoms with Crippen molar-refractivity contribution in [3.05, 3.63) is 21.2 Å². The van der Waals surface area contributed by atoms with Gasteiger partial charge >= 0.3 is 5.97 Å². The normalized spacial score (nSPS) is 10.3. The number of hydrogen-bond acceptors (Lipinski definition) is 3. The Kier molecular flexibility index (Phi) is 5.63. The van der Waals surface area contributed by atoms with Crippen molar-refractivity contribution in [3.8, 4) is 0 Å². The molecule has 1 aromatic heterocycles. The number of aliphatic carboxylic acids is 1. The van der Waals surface area contributed by atoms with Crippen molar-refractivity contribution in [2.24, 2.45) is 0 Å². The van der Waals surface area contributed by atoms with Gasteiger partial charge < -0.3 is 5.11 Å². The highest BCUT2D eigenvalue weighted by Crippen LogP contribution is 2.25. The average molecular weight is 355 g/mol. The van der Waals surface area contributed by atoms with E-state index in [9.17, 15) is 4.79 Å². The fourth-order valence-electron chi connectivity index (χ4n) is 0.881. The first kappa shape index (κ1) is 13.0. The fraction of sp³-hybridized carbons (Fsp3) is 0.333. The number of nitrogens with zero attached hydrogens (tertiary/aromatic N) is 1. The van der Waals surface area contributed by atoms with E-state index in [4.69, 9.17) is 5.11 Å². The van der Waals surface area contributed by atoms with Crippen LogP contribution in [0.4, 0.5) is 0 Å². The van der Waals surface area contributed by atoms with Gasteiger partial charge in [-0.2, -0.15) is 0 Å². The third kappa shape index (κ3) is 4.99. The molecule has 0 aliphatic rings. The Morgan fingerprint density at radius 2 is 2.20 bits per heavy atom. The second-order valence-corrected chi connectivity index (χ2v) is 5.49. The SMILES string of the molecule is O=C(O)CCCSc1ccc(Br)c(Br)n1. The topological polar surface area (TPSA) is 50.2 Å². The standard InChI is InChI=1S/C9H9Br2NO2S/c10-6-3-4-7(12-9(6)11)15-5-1-2-8(13)14/h3-4H,1-2,5H2,(H,13,14). The van der Waals surface area contributed by atoms with Gasteiger partial charge in [-0.25, -0.2) is 4.98 Å². The zero-order valence-electron chi connectivity index (χ0n) is 7.74. The maximum atomic E-state index is 10.3. The predicted octanol–water partition coefficient (Wildman–Crippen LogP) is 3.56. The maximum Gasteiger partial charge on any atom is 0.303 e. The molecule has 82 valence electrons. The second kappa shape index (κ2) is 6.50. The lowest BCUT2D eigenvalue weighted by atomic mass is 10.3. The van der Waals surface area contributed by atoms with Gasteiger partial charge in [-0.05, 0) is 50.4 Å². The molecule has 0 amide bonds. The molecular weight excluding hydrogens is 346 g/mol. The predicted molar refractivity (Wildman–Crippen MR) is 67.2 cm³/mol. The number of hydrogen-bond donors (Lipinski definition) is 1. The summed E-state index contributed by atoms with van der Waals surface area (Å²) in [4.78, 5) is 14.5. The van der Waals surface area contributed by atoms with Crippen LogP contribution in [-0.2, 0) is 4.79 Å². The first-order valence-electron chi connectivity index (χ1n) is 4.26. The Labute approximate surface area is 109 Å². The van der Waals surface area contributed by atoms with Crippen LogP contribution in [0.25, 0.3) is 0 Å². The third-order valence-corrected chi connectivity index (χ3v) is 4.35. The van der Waals surface area contributed by atoms with Crippen molar-refractivity contribution in [1.82, 2.24) is 4.98 Å². The van der Waals surface area contributed by atoms with Crippen LogP contribution in [0.1, 0.15) is 12.8 Å². The fourth-order valence-corrected chi connectivity index (χ4v) is 2.36. The molecule has 1 rings (SSSR count). The highest BCUT2D eigenvalue weighted by molar-refractivity contribution is 9.13. The lowest BCUT2D eigenvalue weighted by Crippen LogP contribution is -1.95. The molecule has 0 saturated carbocycles. The zero-order valence-corrected chi connectivity index (χ0v) is 11.7. The van der Waals surface area contributed by atoms with Crippen molar-refractivity contribution in [1.29, 1.82) is 0 Å². The van der Waals surface area contributed by atoms with Gasteiger partial charge in [0.15, 0.2) is 0 Å². The molecule has 0 spiro atoms. The van der Waals surface area contributed by atoms with E-state index < -0.39 is 5.97 Å². The molecule has 1 heterocycles. The van der Waals surface area contributed by atoms with E-state index in [1.807, 2.05) is 12.1 Å². The van der Waals surface area contributed by atoms with Crippen LogP contribution in [0.5, 0.6) is 0 Å². The summed E-state index contributed by atoms with van der Waals surface area (Å²) in [5.41, 5.74) is 0. The van der Waals surface area contributed by atoms with Gasteiger partial charge in [-0.1, -0.05) is 0 Å². The molecule has 6 heteroatoms. The Morgan fingerprint density at radius 3 is 2.80 bits per heavy atom. The average Bonchev–Trinajstić information content (AvgIpc) is 2.18. The Hall–Kier alpha value is -0.0700. The Morgan fingerprint density at radius 1 is 1.47 bits per heavy atom. The molecule has 0 bridgehead atoms. The molecular formula is C9H9Br2NO2S. The summed E-state index contributed by atoms with van der Waals surface area (Å²) in [5, 5.41) is 9.35. The van der Waals surface area contributed by atoms with Crippen LogP contribution < -0.4 is 0 Å². The van der Waals surface area contributed by atoms with Crippen LogP contribution in [0.2, 0.25) is 0 Å². The monoisotopic (exact) mass is 353 g/mol. The van der Waals surface area contributed by atoms with E-state index in [1.54, 1.807) is 11.8 Å². The number of pyridine rings is 1. The lowest BCUT2D eigenvalue weighted by molar-refractivity contribution is -0.137. The molecule has 0 atom stereocenters. The van der Waals surface area contributed by atoms with E-state index in [0.717, 1.165) is 19.9 Å². The minimum atomic E-state index is -0.749. The van der Waals surface area contributed by atoms with Crippen molar-refractivity contribution in [2.75, 3.05) is 5.75 Å². The Bertz CT molecular complexity index is 360. The quantitative estimate of drug-likeness (QED) is 0.499. The van der Waals surface area contributed by atoms with E-state index in [1.165, 1.54) is 0 Å². The van der Waals surface area contributed by atoms with Crippen LogP contribution in [0.15, 0.2) is 26.2 Å². The van der Waals surface area contributed by atoms with Gasteiger partial charge in [0, 0.05) is 12.2 Å². The van der Waals surface area contributed by atoms with Crippen LogP contribution >= 0.6 is 43.6 Å². The number of rotatable bonds is 5. The van der Waals surface area contributed by atoms with E-state index in [-0.39, 0.29) is 6.42 Å². The molecule has 0 aliphatic carbocycles. The smallest absolute Gasteiger partial charge is 0.303 e. The van der Waals surface area contributed by atoms with Crippen molar-refractivity contribution in [3.63, 3.8) is 0 Å². The summed E-state index contributed by atoms with van der Waals surface area (Å²) < 4.78 is 1.68. The lowest BCUT2D eigenvalue weighted by Gasteiger charge is -2.01. The van der Waals surface area contributed by atoms with Gasteiger partial charge in [0.25, 0.3) is 0 Å². The number of carboxylic acid groups (broad SMARTS) is 1. The van der Waals surface area contributed by atoms with Crippen LogP contribution in [-0.4, -0.2) is 21.8 Å².